The summed E-state index contributed by atoms with van der Waals surface area (Å²) in [5, 5.41) is 2.92. The number of carbonyl (C=O) groups excluding carboxylic acids is 2. The van der Waals surface area contributed by atoms with Gasteiger partial charge in [0.25, 0.3) is 5.91 Å². The number of aromatic nitrogens is 2. The number of nitrogens with one attached hydrogen (secondary N) is 2. The monoisotopic (exact) mass is 363 g/mol. The van der Waals surface area contributed by atoms with Gasteiger partial charge < -0.3 is 15.0 Å². The standard InChI is InChI=1S/C21H21N3O3/c25-19(22-14-7-1-2-8-14)13-27-21(26)16-10-4-3-9-15(16)20-23-17-11-5-6-12-18(17)24-20/h3-6,9-12,14H,1-2,7-8,13H2,(H,22,25)(H,23,24). The Kier molecular flexibility index (Phi) is 4.87. The van der Waals surface area contributed by atoms with Crippen molar-refractivity contribution in [3.05, 3.63) is 54.1 Å². The predicted octanol–water partition coefficient (Wildman–Crippen LogP) is 3.45. The fourth-order valence-electron chi connectivity index (χ4n) is 3.50. The molecule has 0 aliphatic heterocycles. The summed E-state index contributed by atoms with van der Waals surface area (Å²) in [6.45, 7) is -0.274. The Morgan fingerprint density at radius 3 is 2.63 bits per heavy atom. The molecule has 1 heterocycles. The molecule has 1 amide bonds. The zero-order chi connectivity index (χ0) is 18.6. The summed E-state index contributed by atoms with van der Waals surface area (Å²) >= 11 is 0. The third-order valence-corrected chi connectivity index (χ3v) is 4.85. The number of nitrogens with zero attached hydrogens (tertiary/aromatic N) is 1. The van der Waals surface area contributed by atoms with Gasteiger partial charge in [-0.1, -0.05) is 43.2 Å². The molecule has 0 saturated heterocycles. The third kappa shape index (κ3) is 3.84. The summed E-state index contributed by atoms with van der Waals surface area (Å²) in [6, 6.07) is 15.0. The molecule has 0 bridgehead atoms. The number of rotatable bonds is 5. The average molecular weight is 363 g/mol. The van der Waals surface area contributed by atoms with Crippen molar-refractivity contribution >= 4 is 22.9 Å². The van der Waals surface area contributed by atoms with Crippen molar-refractivity contribution in [2.45, 2.75) is 31.7 Å². The summed E-state index contributed by atoms with van der Waals surface area (Å²) in [7, 11) is 0. The number of H-pyrrole nitrogens is 1. The molecule has 0 radical (unpaired) electrons. The van der Waals surface area contributed by atoms with Crippen molar-refractivity contribution in [1.29, 1.82) is 0 Å². The van der Waals surface area contributed by atoms with Crippen LogP contribution in [0.3, 0.4) is 0 Å². The Morgan fingerprint density at radius 2 is 1.81 bits per heavy atom. The van der Waals surface area contributed by atoms with Gasteiger partial charge >= 0.3 is 5.97 Å². The summed E-state index contributed by atoms with van der Waals surface area (Å²) in [4.78, 5) is 32.3. The molecular formula is C21H21N3O3. The van der Waals surface area contributed by atoms with E-state index in [0.717, 1.165) is 36.7 Å². The number of aromatic amines is 1. The maximum atomic E-state index is 12.6. The molecule has 4 rings (SSSR count). The first-order valence-corrected chi connectivity index (χ1v) is 9.21. The van der Waals surface area contributed by atoms with Crippen LogP contribution in [0.1, 0.15) is 36.0 Å². The fourth-order valence-corrected chi connectivity index (χ4v) is 3.50. The molecule has 6 nitrogen and oxygen atoms in total. The summed E-state index contributed by atoms with van der Waals surface area (Å²) in [6.07, 6.45) is 4.26. The van der Waals surface area contributed by atoms with Crippen LogP contribution in [0.5, 0.6) is 0 Å². The molecule has 1 aromatic heterocycles. The molecule has 1 saturated carbocycles. The number of carbonyl (C=O) groups is 2. The van der Waals surface area contributed by atoms with Gasteiger partial charge in [-0.05, 0) is 31.0 Å². The highest BCUT2D eigenvalue weighted by Crippen LogP contribution is 2.24. The van der Waals surface area contributed by atoms with Crippen LogP contribution >= 0.6 is 0 Å². The molecule has 3 aromatic rings. The van der Waals surface area contributed by atoms with Gasteiger partial charge in [-0.3, -0.25) is 4.79 Å². The molecule has 2 aromatic carbocycles. The number of para-hydroxylation sites is 2. The first-order valence-electron chi connectivity index (χ1n) is 9.21. The molecule has 138 valence electrons. The minimum atomic E-state index is -0.535. The second-order valence-corrected chi connectivity index (χ2v) is 6.77. The van der Waals surface area contributed by atoms with Crippen molar-refractivity contribution in [2.75, 3.05) is 6.61 Å². The van der Waals surface area contributed by atoms with E-state index in [9.17, 15) is 9.59 Å². The Labute approximate surface area is 156 Å². The number of amides is 1. The number of hydrogen-bond donors (Lipinski definition) is 2. The van der Waals surface area contributed by atoms with Gasteiger partial charge in [0.05, 0.1) is 16.6 Å². The molecular weight excluding hydrogens is 342 g/mol. The third-order valence-electron chi connectivity index (χ3n) is 4.85. The van der Waals surface area contributed by atoms with E-state index in [0.29, 0.717) is 17.0 Å². The van der Waals surface area contributed by atoms with Crippen molar-refractivity contribution in [3.63, 3.8) is 0 Å². The first-order chi connectivity index (χ1) is 13.2. The normalized spacial score (nSPS) is 14.4. The van der Waals surface area contributed by atoms with Gasteiger partial charge in [-0.2, -0.15) is 0 Å². The van der Waals surface area contributed by atoms with Crippen LogP contribution in [0.25, 0.3) is 22.4 Å². The molecule has 6 heteroatoms. The van der Waals surface area contributed by atoms with Crippen LogP contribution < -0.4 is 5.32 Å². The summed E-state index contributed by atoms with van der Waals surface area (Å²) < 4.78 is 5.24. The highest BCUT2D eigenvalue weighted by atomic mass is 16.5. The molecule has 0 unspecified atom stereocenters. The van der Waals surface area contributed by atoms with Crippen molar-refractivity contribution in [1.82, 2.24) is 15.3 Å². The fraction of sp³-hybridized carbons (Fsp3) is 0.286. The molecule has 0 spiro atoms. The largest absolute Gasteiger partial charge is 0.452 e. The Bertz CT molecular complexity index is 940. The lowest BCUT2D eigenvalue weighted by Crippen LogP contribution is -2.35. The number of benzene rings is 2. The van der Waals surface area contributed by atoms with E-state index in [1.54, 1.807) is 12.1 Å². The number of esters is 1. The smallest absolute Gasteiger partial charge is 0.339 e. The molecule has 27 heavy (non-hydrogen) atoms. The Morgan fingerprint density at radius 1 is 1.07 bits per heavy atom. The predicted molar refractivity (Wildman–Crippen MR) is 102 cm³/mol. The second-order valence-electron chi connectivity index (χ2n) is 6.77. The number of ether oxygens (including phenoxy) is 1. The van der Waals surface area contributed by atoms with Crippen LogP contribution in [0, 0.1) is 0 Å². The topological polar surface area (TPSA) is 84.1 Å². The zero-order valence-electron chi connectivity index (χ0n) is 14.9. The summed E-state index contributed by atoms with van der Waals surface area (Å²) in [5.41, 5.74) is 2.75. The molecule has 2 N–H and O–H groups in total. The highest BCUT2D eigenvalue weighted by Gasteiger charge is 2.20. The lowest BCUT2D eigenvalue weighted by atomic mass is 10.1. The number of fused-ring (bicyclic) bond motifs is 1. The molecule has 0 atom stereocenters. The van der Waals surface area contributed by atoms with E-state index in [2.05, 4.69) is 15.3 Å². The first kappa shape index (κ1) is 17.3. The van der Waals surface area contributed by atoms with Crippen molar-refractivity contribution < 1.29 is 14.3 Å². The van der Waals surface area contributed by atoms with Gasteiger partial charge in [-0.25, -0.2) is 9.78 Å². The van der Waals surface area contributed by atoms with E-state index in [4.69, 9.17) is 4.74 Å². The molecule has 1 aliphatic rings. The maximum absolute atomic E-state index is 12.6. The highest BCUT2D eigenvalue weighted by molar-refractivity contribution is 5.98. The van der Waals surface area contributed by atoms with E-state index in [1.165, 1.54) is 0 Å². The molecule has 1 aliphatic carbocycles. The Hall–Kier alpha value is -3.15. The van der Waals surface area contributed by atoms with Gasteiger partial charge in [0.2, 0.25) is 0 Å². The lowest BCUT2D eigenvalue weighted by Gasteiger charge is -2.12. The van der Waals surface area contributed by atoms with Gasteiger partial charge in [0.15, 0.2) is 6.61 Å². The number of imidazole rings is 1. The summed E-state index contributed by atoms with van der Waals surface area (Å²) in [5.74, 6) is -0.191. The van der Waals surface area contributed by atoms with Gasteiger partial charge in [-0.15, -0.1) is 0 Å². The van der Waals surface area contributed by atoms with Gasteiger partial charge in [0, 0.05) is 11.6 Å². The molecule has 1 fully saturated rings. The van der Waals surface area contributed by atoms with Crippen molar-refractivity contribution in [3.8, 4) is 11.4 Å². The van der Waals surface area contributed by atoms with E-state index in [1.807, 2.05) is 36.4 Å². The Balaban J connectivity index is 1.48. The average Bonchev–Trinajstić information content (AvgIpc) is 3.35. The lowest BCUT2D eigenvalue weighted by molar-refractivity contribution is -0.124. The van der Waals surface area contributed by atoms with Crippen molar-refractivity contribution in [2.24, 2.45) is 0 Å². The van der Waals surface area contributed by atoms with Crippen LogP contribution in [-0.4, -0.2) is 34.5 Å². The minimum absolute atomic E-state index is 0.207. The minimum Gasteiger partial charge on any atom is -0.452 e. The maximum Gasteiger partial charge on any atom is 0.339 e. The van der Waals surface area contributed by atoms with E-state index >= 15 is 0 Å². The quantitative estimate of drug-likeness (QED) is 0.680. The van der Waals surface area contributed by atoms with Crippen LogP contribution in [0.15, 0.2) is 48.5 Å². The SMILES string of the molecule is O=C(COC(=O)c1ccccc1-c1nc2ccccc2[nH]1)NC1CCCC1. The van der Waals surface area contributed by atoms with Crippen LogP contribution in [-0.2, 0) is 9.53 Å². The van der Waals surface area contributed by atoms with Crippen LogP contribution in [0.4, 0.5) is 0 Å². The van der Waals surface area contributed by atoms with E-state index < -0.39 is 5.97 Å². The zero-order valence-corrected chi connectivity index (χ0v) is 14.9. The van der Waals surface area contributed by atoms with E-state index in [-0.39, 0.29) is 18.6 Å². The second kappa shape index (κ2) is 7.61. The van der Waals surface area contributed by atoms with Gasteiger partial charge in [0.1, 0.15) is 5.82 Å². The number of hydrogen-bond acceptors (Lipinski definition) is 4. The van der Waals surface area contributed by atoms with Crippen LogP contribution in [0.2, 0.25) is 0 Å².